The quantitative estimate of drug-likeness (QED) is 0.337. The van der Waals surface area contributed by atoms with Crippen molar-refractivity contribution in [3.63, 3.8) is 0 Å². The van der Waals surface area contributed by atoms with Crippen molar-refractivity contribution in [2.45, 2.75) is 38.8 Å². The number of fused-ring (bicyclic) bond motifs is 1. The summed E-state index contributed by atoms with van der Waals surface area (Å²) in [6.07, 6.45) is 1.96. The number of halogens is 1. The zero-order valence-electron chi connectivity index (χ0n) is 16.8. The number of nitrogens with one attached hydrogen (secondary N) is 1. The van der Waals surface area contributed by atoms with E-state index >= 15 is 0 Å². The molecule has 152 valence electrons. The summed E-state index contributed by atoms with van der Waals surface area (Å²) in [6, 6.07) is 10.9. The smallest absolute Gasteiger partial charge is 0.266 e. The molecule has 1 N–H and O–H groups in total. The van der Waals surface area contributed by atoms with Gasteiger partial charge in [0.2, 0.25) is 5.91 Å². The SMILES string of the molecule is CCCCNC(=O)CSc1nc2cc(Cl)ccc2c(=O)n1-c1cccc(C)c1C. The normalized spacial score (nSPS) is 11.0. The van der Waals surface area contributed by atoms with Crippen LogP contribution < -0.4 is 10.9 Å². The van der Waals surface area contributed by atoms with E-state index in [-0.39, 0.29) is 17.2 Å². The number of nitrogens with zero attached hydrogens (tertiary/aromatic N) is 2. The van der Waals surface area contributed by atoms with E-state index in [1.165, 1.54) is 11.8 Å². The fourth-order valence-corrected chi connectivity index (χ4v) is 4.01. The number of aryl methyl sites for hydroxylation is 1. The van der Waals surface area contributed by atoms with Crippen LogP contribution in [-0.2, 0) is 4.79 Å². The van der Waals surface area contributed by atoms with Crippen LogP contribution in [0.2, 0.25) is 5.02 Å². The Hall–Kier alpha value is -2.31. The van der Waals surface area contributed by atoms with Crippen LogP contribution in [-0.4, -0.2) is 27.8 Å². The van der Waals surface area contributed by atoms with Crippen LogP contribution in [0.15, 0.2) is 46.3 Å². The highest BCUT2D eigenvalue weighted by Crippen LogP contribution is 2.25. The average Bonchev–Trinajstić information content (AvgIpc) is 2.69. The van der Waals surface area contributed by atoms with Crippen LogP contribution in [0.1, 0.15) is 30.9 Å². The zero-order valence-corrected chi connectivity index (χ0v) is 18.4. The molecule has 0 atom stereocenters. The Bertz CT molecular complexity index is 1110. The highest BCUT2D eigenvalue weighted by Gasteiger charge is 2.17. The van der Waals surface area contributed by atoms with Crippen LogP contribution in [0.4, 0.5) is 0 Å². The summed E-state index contributed by atoms with van der Waals surface area (Å²) in [5, 5.41) is 4.38. The number of benzene rings is 2. The second-order valence-electron chi connectivity index (χ2n) is 6.91. The van der Waals surface area contributed by atoms with Crippen molar-refractivity contribution in [3.05, 3.63) is 62.9 Å². The van der Waals surface area contributed by atoms with Crippen LogP contribution in [0.25, 0.3) is 16.6 Å². The third kappa shape index (κ3) is 4.82. The molecule has 0 saturated carbocycles. The Balaban J connectivity index is 2.07. The van der Waals surface area contributed by atoms with Crippen LogP contribution >= 0.6 is 23.4 Å². The molecule has 3 aromatic rings. The third-order valence-electron chi connectivity index (χ3n) is 4.80. The lowest BCUT2D eigenvalue weighted by Crippen LogP contribution is -2.27. The molecule has 1 heterocycles. The monoisotopic (exact) mass is 429 g/mol. The Kier molecular flexibility index (Phi) is 6.98. The van der Waals surface area contributed by atoms with Crippen molar-refractivity contribution in [2.75, 3.05) is 12.3 Å². The van der Waals surface area contributed by atoms with Gasteiger partial charge in [0, 0.05) is 11.6 Å². The molecule has 1 amide bonds. The first-order chi connectivity index (χ1) is 13.9. The van der Waals surface area contributed by atoms with Crippen LogP contribution in [0, 0.1) is 13.8 Å². The molecule has 7 heteroatoms. The van der Waals surface area contributed by atoms with Crippen molar-refractivity contribution in [1.29, 1.82) is 0 Å². The van der Waals surface area contributed by atoms with Crippen molar-refractivity contribution in [2.24, 2.45) is 0 Å². The van der Waals surface area contributed by atoms with Crippen molar-refractivity contribution < 1.29 is 4.79 Å². The minimum absolute atomic E-state index is 0.0728. The van der Waals surface area contributed by atoms with Gasteiger partial charge >= 0.3 is 0 Å². The van der Waals surface area contributed by atoms with Gasteiger partial charge in [0.25, 0.3) is 5.56 Å². The predicted octanol–water partition coefficient (Wildman–Crippen LogP) is 4.66. The van der Waals surface area contributed by atoms with E-state index in [1.807, 2.05) is 32.0 Å². The molecule has 1 aromatic heterocycles. The van der Waals surface area contributed by atoms with Gasteiger partial charge in [-0.1, -0.05) is 48.8 Å². The largest absolute Gasteiger partial charge is 0.355 e. The minimum atomic E-state index is -0.172. The maximum atomic E-state index is 13.3. The first-order valence-electron chi connectivity index (χ1n) is 9.60. The topological polar surface area (TPSA) is 64.0 Å². The number of carbonyl (C=O) groups excluding carboxylic acids is 1. The number of thioether (sulfide) groups is 1. The number of aromatic nitrogens is 2. The van der Waals surface area contributed by atoms with E-state index in [1.54, 1.807) is 22.8 Å². The molecule has 2 aromatic carbocycles. The highest BCUT2D eigenvalue weighted by atomic mass is 35.5. The number of hydrogen-bond acceptors (Lipinski definition) is 4. The van der Waals surface area contributed by atoms with Gasteiger partial charge < -0.3 is 5.32 Å². The molecule has 0 saturated heterocycles. The molecule has 5 nitrogen and oxygen atoms in total. The first-order valence-corrected chi connectivity index (χ1v) is 11.0. The third-order valence-corrected chi connectivity index (χ3v) is 5.98. The first kappa shape index (κ1) is 21.4. The molecule has 0 fully saturated rings. The lowest BCUT2D eigenvalue weighted by Gasteiger charge is -2.16. The molecule has 29 heavy (non-hydrogen) atoms. The minimum Gasteiger partial charge on any atom is -0.355 e. The molecule has 0 unspecified atom stereocenters. The molecule has 3 rings (SSSR count). The standard InChI is InChI=1S/C22H24ClN3O2S/c1-4-5-11-24-20(27)13-29-22-25-18-12-16(23)9-10-17(18)21(28)26(22)19-8-6-7-14(2)15(19)3/h6-10,12H,4-5,11,13H2,1-3H3,(H,24,27). The number of unbranched alkanes of at least 4 members (excludes halogenated alkanes) is 1. The van der Waals surface area contributed by atoms with Crippen molar-refractivity contribution >= 4 is 40.2 Å². The second kappa shape index (κ2) is 9.46. The zero-order chi connectivity index (χ0) is 21.0. The van der Waals surface area contributed by atoms with Gasteiger partial charge in [-0.15, -0.1) is 0 Å². The molecule has 0 aliphatic rings. The van der Waals surface area contributed by atoms with Crippen LogP contribution in [0.3, 0.4) is 0 Å². The maximum Gasteiger partial charge on any atom is 0.266 e. The Morgan fingerprint density at radius 3 is 2.79 bits per heavy atom. The van der Waals surface area contributed by atoms with Crippen molar-refractivity contribution in [3.8, 4) is 5.69 Å². The van der Waals surface area contributed by atoms with Crippen LogP contribution in [0.5, 0.6) is 0 Å². The number of amides is 1. The molecule has 0 radical (unpaired) electrons. The Morgan fingerprint density at radius 2 is 2.03 bits per heavy atom. The highest BCUT2D eigenvalue weighted by molar-refractivity contribution is 7.99. The van der Waals surface area contributed by atoms with Gasteiger partial charge in [-0.3, -0.25) is 14.2 Å². The lowest BCUT2D eigenvalue weighted by molar-refractivity contribution is -0.118. The lowest BCUT2D eigenvalue weighted by atomic mass is 10.1. The van der Waals surface area contributed by atoms with Gasteiger partial charge in [-0.25, -0.2) is 4.98 Å². The van der Waals surface area contributed by atoms with E-state index in [0.717, 1.165) is 29.7 Å². The molecule has 0 spiro atoms. The summed E-state index contributed by atoms with van der Waals surface area (Å²) in [5.74, 6) is 0.115. The van der Waals surface area contributed by atoms with Gasteiger partial charge in [-0.2, -0.15) is 0 Å². The summed E-state index contributed by atoms with van der Waals surface area (Å²) in [4.78, 5) is 30.2. The van der Waals surface area contributed by atoms with E-state index in [9.17, 15) is 9.59 Å². The molecular weight excluding hydrogens is 406 g/mol. The maximum absolute atomic E-state index is 13.3. The summed E-state index contributed by atoms with van der Waals surface area (Å²) < 4.78 is 1.60. The van der Waals surface area contributed by atoms with E-state index in [4.69, 9.17) is 11.6 Å². The number of carbonyl (C=O) groups is 1. The fourth-order valence-electron chi connectivity index (χ4n) is 3.01. The second-order valence-corrected chi connectivity index (χ2v) is 8.29. The van der Waals surface area contributed by atoms with Gasteiger partial charge in [-0.05, 0) is 55.7 Å². The number of rotatable bonds is 7. The summed E-state index contributed by atoms with van der Waals surface area (Å²) in [7, 11) is 0. The summed E-state index contributed by atoms with van der Waals surface area (Å²) in [5.41, 5.74) is 3.21. The predicted molar refractivity (Wildman–Crippen MR) is 120 cm³/mol. The summed E-state index contributed by atoms with van der Waals surface area (Å²) in [6.45, 7) is 6.72. The van der Waals surface area contributed by atoms with Gasteiger partial charge in [0.1, 0.15) is 0 Å². The van der Waals surface area contributed by atoms with Gasteiger partial charge in [0.05, 0.1) is 22.3 Å². The average molecular weight is 430 g/mol. The summed E-state index contributed by atoms with van der Waals surface area (Å²) >= 11 is 7.36. The van der Waals surface area contributed by atoms with Gasteiger partial charge in [0.15, 0.2) is 5.16 Å². The fraction of sp³-hybridized carbons (Fsp3) is 0.318. The Labute approximate surface area is 179 Å². The van der Waals surface area contributed by atoms with E-state index in [2.05, 4.69) is 17.2 Å². The Morgan fingerprint density at radius 1 is 1.24 bits per heavy atom. The number of hydrogen-bond donors (Lipinski definition) is 1. The molecular formula is C22H24ClN3O2S. The van der Waals surface area contributed by atoms with Crippen molar-refractivity contribution in [1.82, 2.24) is 14.9 Å². The van der Waals surface area contributed by atoms with E-state index < -0.39 is 0 Å². The molecule has 0 bridgehead atoms. The molecule has 0 aliphatic carbocycles. The molecule has 0 aliphatic heterocycles. The van der Waals surface area contributed by atoms with E-state index in [0.29, 0.717) is 27.6 Å².